The van der Waals surface area contributed by atoms with E-state index in [0.717, 1.165) is 0 Å². The average Bonchev–Trinajstić information content (AvgIpc) is 2.77. The van der Waals surface area contributed by atoms with Crippen LogP contribution in [0, 0.1) is 0 Å². The molecule has 0 aliphatic carbocycles. The van der Waals surface area contributed by atoms with Crippen LogP contribution in [-0.2, 0) is 11.3 Å². The van der Waals surface area contributed by atoms with Gasteiger partial charge in [0.15, 0.2) is 0 Å². The van der Waals surface area contributed by atoms with Crippen molar-refractivity contribution in [3.05, 3.63) is 18.0 Å². The fourth-order valence-corrected chi connectivity index (χ4v) is 1.34. The Bertz CT molecular complexity index is 416. The quantitative estimate of drug-likeness (QED) is 0.744. The number of rotatable bonds is 6. The number of halogens is 2. The zero-order chi connectivity index (χ0) is 15.2. The van der Waals surface area contributed by atoms with Crippen molar-refractivity contribution in [2.45, 2.75) is 38.8 Å². The number of aromatic nitrogens is 2. The normalized spacial score (nSPS) is 12.2. The van der Waals surface area contributed by atoms with Gasteiger partial charge in [0.2, 0.25) is 0 Å². The predicted molar refractivity (Wildman–Crippen MR) is 69.5 cm³/mol. The van der Waals surface area contributed by atoms with Gasteiger partial charge in [-0.2, -0.15) is 5.10 Å². The first-order valence-corrected chi connectivity index (χ1v) is 6.22. The Balaban J connectivity index is 2.25. The third kappa shape index (κ3) is 7.03. The number of H-pyrrole nitrogens is 1. The number of carbonyl (C=O) groups excluding carboxylic acids is 1. The fraction of sp³-hybridized carbons (Fsp3) is 0.667. The van der Waals surface area contributed by atoms with E-state index in [4.69, 9.17) is 4.74 Å². The van der Waals surface area contributed by atoms with Gasteiger partial charge in [-0.05, 0) is 26.8 Å². The van der Waals surface area contributed by atoms with Crippen molar-refractivity contribution >= 4 is 6.09 Å². The molecule has 0 aliphatic rings. The van der Waals surface area contributed by atoms with Crippen LogP contribution in [0.2, 0.25) is 0 Å². The number of alkyl carbamates (subject to hydrolysis) is 1. The number of nitrogens with zero attached hydrogens (tertiary/aromatic N) is 1. The second-order valence-corrected chi connectivity index (χ2v) is 5.40. The van der Waals surface area contributed by atoms with Crippen LogP contribution >= 0.6 is 0 Å². The second kappa shape index (κ2) is 6.65. The van der Waals surface area contributed by atoms with Crippen LogP contribution in [0.3, 0.4) is 0 Å². The first kappa shape index (κ1) is 16.4. The van der Waals surface area contributed by atoms with E-state index >= 15 is 0 Å². The molecule has 1 heterocycles. The van der Waals surface area contributed by atoms with Gasteiger partial charge in [0, 0.05) is 18.4 Å². The lowest BCUT2D eigenvalue weighted by Crippen LogP contribution is -2.44. The molecule has 0 spiro atoms. The number of carbonyl (C=O) groups is 1. The van der Waals surface area contributed by atoms with Gasteiger partial charge in [-0.3, -0.25) is 5.10 Å². The number of amides is 1. The monoisotopic (exact) mass is 290 g/mol. The topological polar surface area (TPSA) is 79.0 Å². The molecule has 0 bridgehead atoms. The van der Waals surface area contributed by atoms with E-state index in [9.17, 15) is 13.6 Å². The van der Waals surface area contributed by atoms with E-state index in [1.165, 1.54) is 0 Å². The summed E-state index contributed by atoms with van der Waals surface area (Å²) in [6.45, 7) is 3.91. The van der Waals surface area contributed by atoms with Gasteiger partial charge in [0.1, 0.15) is 5.60 Å². The van der Waals surface area contributed by atoms with Gasteiger partial charge in [-0.25, -0.2) is 13.6 Å². The fourth-order valence-electron chi connectivity index (χ4n) is 1.34. The number of hydrogen-bond donors (Lipinski definition) is 3. The maximum Gasteiger partial charge on any atom is 0.407 e. The van der Waals surface area contributed by atoms with Crippen LogP contribution in [0.4, 0.5) is 13.6 Å². The molecule has 0 radical (unpaired) electrons. The Hall–Kier alpha value is -1.70. The van der Waals surface area contributed by atoms with Crippen molar-refractivity contribution in [1.82, 2.24) is 20.8 Å². The highest BCUT2D eigenvalue weighted by Gasteiger charge is 2.30. The van der Waals surface area contributed by atoms with E-state index in [0.29, 0.717) is 5.69 Å². The predicted octanol–water partition coefficient (Wildman–Crippen LogP) is 1.66. The molecule has 1 aromatic heterocycles. The van der Waals surface area contributed by atoms with Gasteiger partial charge in [-0.15, -0.1) is 0 Å². The molecule has 114 valence electrons. The van der Waals surface area contributed by atoms with Crippen molar-refractivity contribution in [3.63, 3.8) is 0 Å². The van der Waals surface area contributed by atoms with Crippen LogP contribution in [0.25, 0.3) is 0 Å². The molecule has 0 aliphatic heterocycles. The van der Waals surface area contributed by atoms with Gasteiger partial charge >= 0.3 is 6.09 Å². The maximum atomic E-state index is 13.5. The zero-order valence-electron chi connectivity index (χ0n) is 11.8. The Morgan fingerprint density at radius 3 is 2.65 bits per heavy atom. The Kier molecular flexibility index (Phi) is 5.43. The van der Waals surface area contributed by atoms with Crippen LogP contribution < -0.4 is 10.6 Å². The smallest absolute Gasteiger partial charge is 0.407 e. The number of nitrogens with one attached hydrogen (secondary N) is 3. The lowest BCUT2D eigenvalue weighted by Gasteiger charge is -2.22. The molecule has 1 aromatic rings. The van der Waals surface area contributed by atoms with Crippen molar-refractivity contribution in [3.8, 4) is 0 Å². The molecule has 0 aromatic carbocycles. The van der Waals surface area contributed by atoms with E-state index in [-0.39, 0.29) is 6.54 Å². The number of ether oxygens (including phenoxy) is 1. The largest absolute Gasteiger partial charge is 0.444 e. The zero-order valence-corrected chi connectivity index (χ0v) is 11.8. The number of aromatic amines is 1. The minimum Gasteiger partial charge on any atom is -0.444 e. The van der Waals surface area contributed by atoms with E-state index in [1.54, 1.807) is 33.0 Å². The SMILES string of the molecule is CC(C)(C)OC(=O)NCC(F)(F)CNCc1ccn[nH]1. The molecule has 3 N–H and O–H groups in total. The summed E-state index contributed by atoms with van der Waals surface area (Å²) in [5.74, 6) is -3.06. The molecule has 0 unspecified atom stereocenters. The Morgan fingerprint density at radius 1 is 1.40 bits per heavy atom. The summed E-state index contributed by atoms with van der Waals surface area (Å²) in [6.07, 6.45) is 0.685. The lowest BCUT2D eigenvalue weighted by molar-refractivity contribution is -0.00381. The summed E-state index contributed by atoms with van der Waals surface area (Å²) >= 11 is 0. The van der Waals surface area contributed by atoms with Gasteiger partial charge in [-0.1, -0.05) is 0 Å². The molecule has 8 heteroatoms. The van der Waals surface area contributed by atoms with Gasteiger partial charge in [0.25, 0.3) is 5.92 Å². The van der Waals surface area contributed by atoms with Crippen molar-refractivity contribution in [2.24, 2.45) is 0 Å². The minimum atomic E-state index is -3.06. The third-order valence-corrected chi connectivity index (χ3v) is 2.15. The highest BCUT2D eigenvalue weighted by Crippen LogP contribution is 2.12. The molecule has 0 atom stereocenters. The Labute approximate surface area is 116 Å². The molecular weight excluding hydrogens is 270 g/mol. The summed E-state index contributed by atoms with van der Waals surface area (Å²) in [5, 5.41) is 11.0. The number of alkyl halides is 2. The van der Waals surface area contributed by atoms with Crippen LogP contribution in [0.5, 0.6) is 0 Å². The molecule has 6 nitrogen and oxygen atoms in total. The average molecular weight is 290 g/mol. The van der Waals surface area contributed by atoms with Crippen LogP contribution in [0.15, 0.2) is 12.3 Å². The highest BCUT2D eigenvalue weighted by atomic mass is 19.3. The third-order valence-electron chi connectivity index (χ3n) is 2.15. The van der Waals surface area contributed by atoms with Crippen molar-refractivity contribution < 1.29 is 18.3 Å². The molecule has 1 rings (SSSR count). The molecule has 20 heavy (non-hydrogen) atoms. The van der Waals surface area contributed by atoms with Gasteiger partial charge < -0.3 is 15.4 Å². The van der Waals surface area contributed by atoms with E-state index < -0.39 is 30.7 Å². The molecular formula is C12H20F2N4O2. The lowest BCUT2D eigenvalue weighted by atomic mass is 10.2. The van der Waals surface area contributed by atoms with E-state index in [1.807, 2.05) is 0 Å². The summed E-state index contributed by atoms with van der Waals surface area (Å²) in [7, 11) is 0. The molecule has 0 fully saturated rings. The second-order valence-electron chi connectivity index (χ2n) is 5.40. The first-order valence-electron chi connectivity index (χ1n) is 6.22. The van der Waals surface area contributed by atoms with Gasteiger partial charge in [0.05, 0.1) is 13.1 Å². The summed E-state index contributed by atoms with van der Waals surface area (Å²) < 4.78 is 31.9. The minimum absolute atomic E-state index is 0.252. The molecule has 1 amide bonds. The van der Waals surface area contributed by atoms with Crippen molar-refractivity contribution in [1.29, 1.82) is 0 Å². The van der Waals surface area contributed by atoms with E-state index in [2.05, 4.69) is 20.8 Å². The molecule has 0 saturated carbocycles. The highest BCUT2D eigenvalue weighted by molar-refractivity contribution is 5.67. The summed E-state index contributed by atoms with van der Waals surface area (Å²) in [4.78, 5) is 11.3. The molecule has 0 saturated heterocycles. The van der Waals surface area contributed by atoms with Crippen molar-refractivity contribution in [2.75, 3.05) is 13.1 Å². The van der Waals surface area contributed by atoms with Crippen LogP contribution in [-0.4, -0.2) is 40.9 Å². The first-order chi connectivity index (χ1) is 9.18. The van der Waals surface area contributed by atoms with Crippen LogP contribution in [0.1, 0.15) is 26.5 Å². The standard InChI is InChI=1S/C12H20F2N4O2/c1-11(2,3)20-10(19)16-8-12(13,14)7-15-6-9-4-5-17-18-9/h4-5,15H,6-8H2,1-3H3,(H,16,19)(H,17,18). The number of hydrogen-bond acceptors (Lipinski definition) is 4. The summed E-state index contributed by atoms with van der Waals surface area (Å²) in [5.41, 5.74) is -0.000915. The maximum absolute atomic E-state index is 13.5. The summed E-state index contributed by atoms with van der Waals surface area (Å²) in [6, 6.07) is 1.68. The Morgan fingerprint density at radius 2 is 2.10 bits per heavy atom.